The zero-order valence-electron chi connectivity index (χ0n) is 9.19. The van der Waals surface area contributed by atoms with E-state index < -0.39 is 0 Å². The molecule has 1 fully saturated rings. The van der Waals surface area contributed by atoms with Gasteiger partial charge in [0.25, 0.3) is 0 Å². The molecule has 0 heterocycles. The van der Waals surface area contributed by atoms with Crippen LogP contribution in [0.25, 0.3) is 0 Å². The molecule has 2 heteroatoms. The molecule has 1 unspecified atom stereocenters. The Balaban J connectivity index is 2.21. The largest absolute Gasteiger partial charge is 0.0888 e. The van der Waals surface area contributed by atoms with Crippen molar-refractivity contribution in [1.29, 1.82) is 0 Å². The predicted octanol–water partition coefficient (Wildman–Crippen LogP) is 4.86. The Morgan fingerprint density at radius 2 is 2.07 bits per heavy atom. The third kappa shape index (κ3) is 2.47. The highest BCUT2D eigenvalue weighted by Gasteiger charge is 2.46. The summed E-state index contributed by atoms with van der Waals surface area (Å²) in [6.45, 7) is 4.48. The molecule has 1 saturated carbocycles. The monoisotopic (exact) mass is 330 g/mol. The lowest BCUT2D eigenvalue weighted by Crippen LogP contribution is -2.15. The van der Waals surface area contributed by atoms with Crippen LogP contribution in [0.5, 0.6) is 0 Å². The Kier molecular flexibility index (Phi) is 3.27. The van der Waals surface area contributed by atoms with Crippen molar-refractivity contribution in [2.75, 3.05) is 0 Å². The molecule has 1 aromatic rings. The molecule has 1 atom stereocenters. The number of hydrogen-bond donors (Lipinski definition) is 0. The highest BCUT2D eigenvalue weighted by molar-refractivity contribution is 9.10. The van der Waals surface area contributed by atoms with Crippen LogP contribution in [0, 0.1) is 12.3 Å². The van der Waals surface area contributed by atoms with Gasteiger partial charge < -0.3 is 0 Å². The van der Waals surface area contributed by atoms with Gasteiger partial charge >= 0.3 is 0 Å². The molecule has 82 valence electrons. The van der Waals surface area contributed by atoms with E-state index in [4.69, 9.17) is 0 Å². The fraction of sp³-hybridized carbons (Fsp3) is 0.538. The van der Waals surface area contributed by atoms with Crippen molar-refractivity contribution in [2.24, 2.45) is 5.41 Å². The SMILES string of the molecule is Cc1ccc(Br)cc1CC1(C(C)Br)CC1. The normalized spacial score (nSPS) is 20.0. The number of benzene rings is 1. The van der Waals surface area contributed by atoms with Crippen LogP contribution in [0.2, 0.25) is 0 Å². The molecule has 0 spiro atoms. The van der Waals surface area contributed by atoms with E-state index >= 15 is 0 Å². The second-order valence-electron chi connectivity index (χ2n) is 4.73. The first-order chi connectivity index (χ1) is 7.03. The van der Waals surface area contributed by atoms with E-state index in [2.05, 4.69) is 63.9 Å². The van der Waals surface area contributed by atoms with Crippen molar-refractivity contribution in [3.8, 4) is 0 Å². The first-order valence-electron chi connectivity index (χ1n) is 5.43. The second-order valence-corrected chi connectivity index (χ2v) is 7.02. The van der Waals surface area contributed by atoms with E-state index in [9.17, 15) is 0 Å². The molecule has 1 aromatic carbocycles. The molecular weight excluding hydrogens is 316 g/mol. The van der Waals surface area contributed by atoms with E-state index in [-0.39, 0.29) is 0 Å². The zero-order chi connectivity index (χ0) is 11.1. The lowest BCUT2D eigenvalue weighted by atomic mass is 9.91. The molecule has 2 rings (SSSR count). The predicted molar refractivity (Wildman–Crippen MR) is 72.6 cm³/mol. The van der Waals surface area contributed by atoms with Crippen molar-refractivity contribution in [3.05, 3.63) is 33.8 Å². The number of halogens is 2. The Hall–Kier alpha value is 0.180. The van der Waals surface area contributed by atoms with Gasteiger partial charge in [-0.1, -0.05) is 44.8 Å². The number of alkyl halides is 1. The lowest BCUT2D eigenvalue weighted by molar-refractivity contribution is 0.507. The maximum absolute atomic E-state index is 3.75. The van der Waals surface area contributed by atoms with Gasteiger partial charge in [-0.2, -0.15) is 0 Å². The van der Waals surface area contributed by atoms with Gasteiger partial charge in [-0.3, -0.25) is 0 Å². The first kappa shape index (κ1) is 11.7. The minimum absolute atomic E-state index is 0.533. The third-order valence-electron chi connectivity index (χ3n) is 3.59. The topological polar surface area (TPSA) is 0 Å². The van der Waals surface area contributed by atoms with Crippen LogP contribution < -0.4 is 0 Å². The van der Waals surface area contributed by atoms with E-state index in [0.29, 0.717) is 10.2 Å². The van der Waals surface area contributed by atoms with Gasteiger partial charge in [0.2, 0.25) is 0 Å². The van der Waals surface area contributed by atoms with Gasteiger partial charge in [-0.15, -0.1) is 0 Å². The Labute approximate surface area is 109 Å². The van der Waals surface area contributed by atoms with Gasteiger partial charge in [0.05, 0.1) is 0 Å². The molecule has 1 aliphatic carbocycles. The van der Waals surface area contributed by atoms with Crippen LogP contribution in [-0.2, 0) is 6.42 Å². The number of rotatable bonds is 3. The van der Waals surface area contributed by atoms with Crippen LogP contribution in [-0.4, -0.2) is 4.83 Å². The molecule has 0 amide bonds. The Morgan fingerprint density at radius 3 is 2.60 bits per heavy atom. The third-order valence-corrected chi connectivity index (χ3v) is 5.05. The zero-order valence-corrected chi connectivity index (χ0v) is 12.4. The van der Waals surface area contributed by atoms with Crippen LogP contribution in [0.4, 0.5) is 0 Å². The average Bonchev–Trinajstić information content (AvgIpc) is 2.92. The summed E-state index contributed by atoms with van der Waals surface area (Å²) in [5, 5.41) is 0. The van der Waals surface area contributed by atoms with E-state index in [1.807, 2.05) is 0 Å². The van der Waals surface area contributed by atoms with Crippen molar-refractivity contribution < 1.29 is 0 Å². The molecule has 0 N–H and O–H groups in total. The van der Waals surface area contributed by atoms with E-state index in [0.717, 1.165) is 0 Å². The van der Waals surface area contributed by atoms with Gasteiger partial charge in [-0.25, -0.2) is 0 Å². The van der Waals surface area contributed by atoms with Crippen LogP contribution in [0.15, 0.2) is 22.7 Å². The molecular formula is C13H16Br2. The standard InChI is InChI=1S/C13H16Br2/c1-9-3-4-12(15)7-11(9)8-13(5-6-13)10(2)14/h3-4,7,10H,5-6,8H2,1-2H3. The molecule has 0 aliphatic heterocycles. The van der Waals surface area contributed by atoms with Gasteiger partial charge in [0.1, 0.15) is 0 Å². The molecule has 0 nitrogen and oxygen atoms in total. The minimum atomic E-state index is 0.533. The summed E-state index contributed by atoms with van der Waals surface area (Å²) in [5.41, 5.74) is 3.44. The number of hydrogen-bond acceptors (Lipinski definition) is 0. The summed E-state index contributed by atoms with van der Waals surface area (Å²) in [4.78, 5) is 0.628. The smallest absolute Gasteiger partial charge is 0.0178 e. The summed E-state index contributed by atoms with van der Waals surface area (Å²) in [5.74, 6) is 0. The summed E-state index contributed by atoms with van der Waals surface area (Å²) < 4.78 is 1.20. The van der Waals surface area contributed by atoms with Crippen LogP contribution >= 0.6 is 31.9 Å². The highest BCUT2D eigenvalue weighted by atomic mass is 79.9. The molecule has 0 bridgehead atoms. The van der Waals surface area contributed by atoms with Gasteiger partial charge in [0.15, 0.2) is 0 Å². The lowest BCUT2D eigenvalue weighted by Gasteiger charge is -2.19. The van der Waals surface area contributed by atoms with E-state index in [1.165, 1.54) is 34.9 Å². The number of aryl methyl sites for hydroxylation is 1. The van der Waals surface area contributed by atoms with Gasteiger partial charge in [-0.05, 0) is 54.9 Å². The molecule has 0 aromatic heterocycles. The van der Waals surface area contributed by atoms with Crippen molar-refractivity contribution in [2.45, 2.75) is 37.9 Å². The maximum Gasteiger partial charge on any atom is 0.0178 e. The van der Waals surface area contributed by atoms with Crippen molar-refractivity contribution in [1.82, 2.24) is 0 Å². The van der Waals surface area contributed by atoms with Crippen LogP contribution in [0.1, 0.15) is 30.9 Å². The minimum Gasteiger partial charge on any atom is -0.0888 e. The summed E-state index contributed by atoms with van der Waals surface area (Å²) in [7, 11) is 0. The second kappa shape index (κ2) is 4.21. The fourth-order valence-electron chi connectivity index (χ4n) is 2.09. The quantitative estimate of drug-likeness (QED) is 0.693. The molecule has 0 radical (unpaired) electrons. The van der Waals surface area contributed by atoms with Crippen LogP contribution in [0.3, 0.4) is 0 Å². The summed E-state index contributed by atoms with van der Waals surface area (Å²) in [6.07, 6.45) is 3.95. The summed E-state index contributed by atoms with van der Waals surface area (Å²) >= 11 is 7.30. The molecule has 0 saturated heterocycles. The first-order valence-corrected chi connectivity index (χ1v) is 7.13. The average molecular weight is 332 g/mol. The Morgan fingerprint density at radius 1 is 1.40 bits per heavy atom. The Bertz CT molecular complexity index is 365. The summed E-state index contributed by atoms with van der Waals surface area (Å²) in [6, 6.07) is 6.59. The van der Waals surface area contributed by atoms with Crippen molar-refractivity contribution >= 4 is 31.9 Å². The molecule has 1 aliphatic rings. The molecule has 15 heavy (non-hydrogen) atoms. The van der Waals surface area contributed by atoms with Gasteiger partial charge in [0, 0.05) is 9.30 Å². The fourth-order valence-corrected chi connectivity index (χ4v) is 3.11. The van der Waals surface area contributed by atoms with Crippen molar-refractivity contribution in [3.63, 3.8) is 0 Å². The van der Waals surface area contributed by atoms with E-state index in [1.54, 1.807) is 0 Å². The highest BCUT2D eigenvalue weighted by Crippen LogP contribution is 2.54. The maximum atomic E-state index is 3.75.